The summed E-state index contributed by atoms with van der Waals surface area (Å²) < 4.78 is 9.15. The van der Waals surface area contributed by atoms with Gasteiger partial charge in [-0.05, 0) is 95.1 Å². The van der Waals surface area contributed by atoms with Crippen LogP contribution in [0.3, 0.4) is 0 Å². The Labute approximate surface area is 336 Å². The summed E-state index contributed by atoms with van der Waals surface area (Å²) in [6.45, 7) is 0. The number of anilines is 3. The Bertz CT molecular complexity index is 3030. The third-order valence-corrected chi connectivity index (χ3v) is 15.4. The molecule has 0 amide bonds. The smallest absolute Gasteiger partial charge is 0.132 e. The van der Waals surface area contributed by atoms with Gasteiger partial charge in [-0.3, -0.25) is 0 Å². The molecule has 55 heavy (non-hydrogen) atoms. The molecule has 6 heteroatoms. The van der Waals surface area contributed by atoms with Gasteiger partial charge in [0.1, 0.15) is 11.5 Å². The Morgan fingerprint density at radius 2 is 1.05 bits per heavy atom. The van der Waals surface area contributed by atoms with Gasteiger partial charge in [0.2, 0.25) is 0 Å². The molecule has 0 N–H and O–H groups in total. The van der Waals surface area contributed by atoms with Crippen molar-refractivity contribution in [3.63, 3.8) is 0 Å². The van der Waals surface area contributed by atoms with E-state index in [4.69, 9.17) is 16.3 Å². The molecule has 0 atom stereocenters. The maximum absolute atomic E-state index is 7.26. The number of benzene rings is 8. The van der Waals surface area contributed by atoms with Crippen LogP contribution in [-0.2, 0) is 5.41 Å². The van der Waals surface area contributed by atoms with Gasteiger partial charge in [-0.25, -0.2) is 0 Å². The van der Waals surface area contributed by atoms with E-state index in [2.05, 4.69) is 175 Å². The predicted octanol–water partition coefficient (Wildman–Crippen LogP) is 15.3. The zero-order chi connectivity index (χ0) is 36.3. The molecule has 12 rings (SSSR count). The average Bonchev–Trinajstić information content (AvgIpc) is 3.75. The summed E-state index contributed by atoms with van der Waals surface area (Å²) >= 11 is 12.7. The highest BCUT2D eigenvalue weighted by molar-refractivity contribution is 8.05. The van der Waals surface area contributed by atoms with Crippen LogP contribution in [0.5, 0.6) is 11.5 Å². The molecule has 0 radical (unpaired) electrons. The lowest BCUT2D eigenvalue weighted by Gasteiger charge is -2.40. The minimum atomic E-state index is -0.573. The Morgan fingerprint density at radius 1 is 0.455 bits per heavy atom. The molecular weight excluding hydrogens is 750 g/mol. The van der Waals surface area contributed by atoms with Gasteiger partial charge in [0.05, 0.1) is 15.1 Å². The second-order valence-corrected chi connectivity index (χ2v) is 17.8. The summed E-state index contributed by atoms with van der Waals surface area (Å²) in [4.78, 5) is 7.46. The van der Waals surface area contributed by atoms with E-state index in [0.29, 0.717) is 0 Å². The van der Waals surface area contributed by atoms with Crippen LogP contribution >= 0.6 is 46.5 Å². The third-order valence-electron chi connectivity index (χ3n) is 11.2. The van der Waals surface area contributed by atoms with Crippen molar-refractivity contribution in [2.24, 2.45) is 0 Å². The van der Waals surface area contributed by atoms with E-state index < -0.39 is 5.41 Å². The van der Waals surface area contributed by atoms with Gasteiger partial charge >= 0.3 is 0 Å². The Hall–Kier alpha value is -5.43. The number of hydrogen-bond donors (Lipinski definition) is 0. The topological polar surface area (TPSA) is 12.5 Å². The van der Waals surface area contributed by atoms with Gasteiger partial charge in [0, 0.05) is 63.2 Å². The fourth-order valence-electron chi connectivity index (χ4n) is 8.99. The predicted molar refractivity (Wildman–Crippen MR) is 231 cm³/mol. The first-order valence-corrected chi connectivity index (χ1v) is 21.1. The monoisotopic (exact) mass is 777 g/mol. The Kier molecular flexibility index (Phi) is 6.97. The number of fused-ring (bicyclic) bond motifs is 14. The lowest BCUT2D eigenvalue weighted by molar-refractivity contribution is 0.436. The number of rotatable bonds is 3. The van der Waals surface area contributed by atoms with Gasteiger partial charge in [0.15, 0.2) is 0 Å². The van der Waals surface area contributed by atoms with Gasteiger partial charge in [0.25, 0.3) is 0 Å². The van der Waals surface area contributed by atoms with E-state index in [0.717, 1.165) is 54.8 Å². The van der Waals surface area contributed by atoms with Crippen molar-refractivity contribution in [1.29, 1.82) is 0 Å². The molecule has 1 aliphatic carbocycles. The van der Waals surface area contributed by atoms with Crippen LogP contribution in [0.4, 0.5) is 17.1 Å². The molecule has 1 spiro atoms. The maximum Gasteiger partial charge on any atom is 0.132 e. The first-order chi connectivity index (χ1) is 27.1. The van der Waals surface area contributed by atoms with E-state index in [1.165, 1.54) is 51.9 Å². The average molecular weight is 778 g/mol. The van der Waals surface area contributed by atoms with E-state index >= 15 is 0 Å². The molecule has 9 aromatic rings. The normalized spacial score (nSPS) is 14.1. The first-order valence-electron chi connectivity index (χ1n) is 18.3. The van der Waals surface area contributed by atoms with Crippen molar-refractivity contribution in [2.75, 3.05) is 4.90 Å². The Balaban J connectivity index is 1.12. The molecule has 2 aliphatic heterocycles. The summed E-state index contributed by atoms with van der Waals surface area (Å²) in [5.41, 5.74) is 9.87. The van der Waals surface area contributed by atoms with Crippen LogP contribution in [0.1, 0.15) is 22.3 Å². The van der Waals surface area contributed by atoms with Crippen molar-refractivity contribution < 1.29 is 4.74 Å². The molecule has 0 saturated carbocycles. The first kappa shape index (κ1) is 31.9. The number of nitrogens with zero attached hydrogens (tertiary/aromatic N) is 1. The van der Waals surface area contributed by atoms with Gasteiger partial charge in [-0.1, -0.05) is 132 Å². The standard InChI is InChI=1S/C49H28ClNOS3/c50-40-27-31(25-35-34-13-3-8-18-43(34)55-48(35)40)51(30-22-24-46-47(28-30)54-45-20-10-9-19-44(45)53-46)29-21-23-42-39(26-29)49(38-16-6-7-17-41(38)52-42)36-14-4-1-11-32(36)33-12-2-5-15-37(33)49/h1-28H. The molecule has 0 fully saturated rings. The van der Waals surface area contributed by atoms with Crippen molar-refractivity contribution in [2.45, 2.75) is 25.0 Å². The molecule has 8 aromatic carbocycles. The van der Waals surface area contributed by atoms with E-state index in [1.807, 2.05) is 23.5 Å². The summed E-state index contributed by atoms with van der Waals surface area (Å²) in [7, 11) is 0. The largest absolute Gasteiger partial charge is 0.457 e. The molecule has 2 nitrogen and oxygen atoms in total. The number of halogens is 1. The third kappa shape index (κ3) is 4.59. The summed E-state index contributed by atoms with van der Waals surface area (Å²) in [6, 6.07) is 61.6. The van der Waals surface area contributed by atoms with Crippen LogP contribution in [0.15, 0.2) is 189 Å². The highest BCUT2D eigenvalue weighted by Crippen LogP contribution is 2.63. The molecule has 260 valence electrons. The molecule has 3 heterocycles. The Morgan fingerprint density at radius 3 is 1.85 bits per heavy atom. The lowest BCUT2D eigenvalue weighted by Crippen LogP contribution is -2.32. The molecule has 3 aliphatic rings. The fourth-order valence-corrected chi connectivity index (χ4v) is 12.7. The van der Waals surface area contributed by atoms with Crippen LogP contribution in [0.25, 0.3) is 31.3 Å². The van der Waals surface area contributed by atoms with Crippen molar-refractivity contribution in [3.05, 3.63) is 197 Å². The van der Waals surface area contributed by atoms with Crippen LogP contribution < -0.4 is 9.64 Å². The highest BCUT2D eigenvalue weighted by atomic mass is 35.5. The lowest BCUT2D eigenvalue weighted by atomic mass is 9.66. The zero-order valence-electron chi connectivity index (χ0n) is 29.1. The van der Waals surface area contributed by atoms with E-state index in [-0.39, 0.29) is 0 Å². The van der Waals surface area contributed by atoms with Crippen LogP contribution in [0.2, 0.25) is 5.02 Å². The molecule has 0 unspecified atom stereocenters. The molecule has 1 aromatic heterocycles. The van der Waals surface area contributed by atoms with Crippen LogP contribution in [0, 0.1) is 0 Å². The zero-order valence-corrected chi connectivity index (χ0v) is 32.3. The van der Waals surface area contributed by atoms with Crippen molar-refractivity contribution in [3.8, 4) is 22.6 Å². The van der Waals surface area contributed by atoms with Gasteiger partial charge in [-0.15, -0.1) is 11.3 Å². The van der Waals surface area contributed by atoms with E-state index in [1.54, 1.807) is 11.3 Å². The molecule has 0 bridgehead atoms. The summed E-state index contributed by atoms with van der Waals surface area (Å²) in [5.74, 6) is 1.75. The number of para-hydroxylation sites is 1. The fraction of sp³-hybridized carbons (Fsp3) is 0.0204. The number of ether oxygens (including phenoxy) is 1. The van der Waals surface area contributed by atoms with Crippen LogP contribution in [-0.4, -0.2) is 0 Å². The maximum atomic E-state index is 7.26. The van der Waals surface area contributed by atoms with E-state index in [9.17, 15) is 0 Å². The minimum Gasteiger partial charge on any atom is -0.457 e. The molecular formula is C49H28ClNOS3. The molecule has 0 saturated heterocycles. The van der Waals surface area contributed by atoms with Crippen molar-refractivity contribution in [1.82, 2.24) is 0 Å². The number of hydrogen-bond acceptors (Lipinski definition) is 5. The summed E-state index contributed by atoms with van der Waals surface area (Å²) in [6.07, 6.45) is 0. The minimum absolute atomic E-state index is 0.573. The second-order valence-electron chi connectivity index (χ2n) is 14.1. The van der Waals surface area contributed by atoms with Crippen molar-refractivity contribution >= 4 is 83.7 Å². The quantitative estimate of drug-likeness (QED) is 0.177. The van der Waals surface area contributed by atoms with Gasteiger partial charge < -0.3 is 9.64 Å². The second kappa shape index (κ2) is 12.0. The van der Waals surface area contributed by atoms with Gasteiger partial charge in [-0.2, -0.15) is 0 Å². The SMILES string of the molecule is Clc1cc(N(c2ccc3c(c2)Sc2ccccc2S3)c2ccc3c(c2)C2(c4ccccc4O3)c3ccccc3-c3ccccc32)cc2c1sc1ccccc12. The number of thiophene rings is 1. The highest BCUT2D eigenvalue weighted by Gasteiger charge is 2.51. The summed E-state index contributed by atoms with van der Waals surface area (Å²) in [5, 5.41) is 3.13.